The summed E-state index contributed by atoms with van der Waals surface area (Å²) in [7, 11) is 0. The van der Waals surface area contributed by atoms with Crippen LogP contribution in [0.1, 0.15) is 24.2 Å². The highest BCUT2D eigenvalue weighted by atomic mass is 32.1. The molecule has 0 unspecified atom stereocenters. The highest BCUT2D eigenvalue weighted by molar-refractivity contribution is 7.13. The van der Waals surface area contributed by atoms with E-state index in [1.165, 1.54) is 11.3 Å². The number of pyridine rings is 1. The van der Waals surface area contributed by atoms with Crippen molar-refractivity contribution in [2.24, 2.45) is 0 Å². The first-order valence-electron chi connectivity index (χ1n) is 5.54. The van der Waals surface area contributed by atoms with Gasteiger partial charge in [0.25, 0.3) is 0 Å². The number of amides is 1. The number of carbonyl (C=O) groups is 1. The summed E-state index contributed by atoms with van der Waals surface area (Å²) in [5, 5.41) is 5.18. The Morgan fingerprint density at radius 3 is 3.06 bits per heavy atom. The van der Waals surface area contributed by atoms with Gasteiger partial charge in [-0.05, 0) is 18.6 Å². The number of thiazole rings is 1. The predicted molar refractivity (Wildman–Crippen MR) is 71.0 cm³/mol. The lowest BCUT2D eigenvalue weighted by molar-refractivity contribution is -0.121. The van der Waals surface area contributed by atoms with E-state index in [1.54, 1.807) is 17.8 Å². The summed E-state index contributed by atoms with van der Waals surface area (Å²) in [5.41, 5.74) is 7.19. The molecule has 0 saturated heterocycles. The molecule has 18 heavy (non-hydrogen) atoms. The van der Waals surface area contributed by atoms with Crippen LogP contribution in [0.15, 0.2) is 29.9 Å². The summed E-state index contributed by atoms with van der Waals surface area (Å²) in [4.78, 5) is 19.9. The number of nitrogens with one attached hydrogen (secondary N) is 1. The van der Waals surface area contributed by atoms with Gasteiger partial charge in [-0.25, -0.2) is 4.98 Å². The normalized spacial score (nSPS) is 12.1. The molecule has 3 N–H and O–H groups in total. The zero-order chi connectivity index (χ0) is 13.0. The summed E-state index contributed by atoms with van der Waals surface area (Å²) in [5.74, 6) is -0.0725. The molecule has 1 atom stereocenters. The van der Waals surface area contributed by atoms with Crippen LogP contribution in [0.2, 0.25) is 0 Å². The maximum Gasteiger partial charge on any atom is 0.226 e. The highest BCUT2D eigenvalue weighted by Gasteiger charge is 2.11. The lowest BCUT2D eigenvalue weighted by Crippen LogP contribution is -2.28. The van der Waals surface area contributed by atoms with Crippen molar-refractivity contribution in [3.8, 4) is 0 Å². The second-order valence-electron chi connectivity index (χ2n) is 3.93. The van der Waals surface area contributed by atoms with Crippen LogP contribution in [0.25, 0.3) is 0 Å². The zero-order valence-electron chi connectivity index (χ0n) is 9.96. The molecule has 2 rings (SSSR count). The Bertz CT molecular complexity index is 526. The first-order valence-corrected chi connectivity index (χ1v) is 6.42. The van der Waals surface area contributed by atoms with Crippen LogP contribution >= 0.6 is 11.3 Å². The van der Waals surface area contributed by atoms with E-state index in [2.05, 4.69) is 15.3 Å². The minimum Gasteiger partial charge on any atom is -0.375 e. The van der Waals surface area contributed by atoms with Crippen LogP contribution in [-0.2, 0) is 11.2 Å². The van der Waals surface area contributed by atoms with Gasteiger partial charge in [0.05, 0.1) is 18.2 Å². The van der Waals surface area contributed by atoms with Crippen molar-refractivity contribution < 1.29 is 4.79 Å². The van der Waals surface area contributed by atoms with Crippen molar-refractivity contribution in [2.75, 3.05) is 5.73 Å². The van der Waals surface area contributed by atoms with Gasteiger partial charge in [-0.1, -0.05) is 6.07 Å². The Hall–Kier alpha value is -1.95. The van der Waals surface area contributed by atoms with E-state index in [-0.39, 0.29) is 18.4 Å². The molecule has 2 aromatic heterocycles. The Labute approximate surface area is 109 Å². The van der Waals surface area contributed by atoms with Crippen molar-refractivity contribution in [3.63, 3.8) is 0 Å². The van der Waals surface area contributed by atoms with Gasteiger partial charge in [0.2, 0.25) is 5.91 Å². The molecule has 6 heteroatoms. The molecule has 0 aliphatic heterocycles. The summed E-state index contributed by atoms with van der Waals surface area (Å²) >= 11 is 1.34. The van der Waals surface area contributed by atoms with E-state index in [0.717, 1.165) is 5.56 Å². The minimum absolute atomic E-state index is 0.0674. The van der Waals surface area contributed by atoms with E-state index in [4.69, 9.17) is 5.73 Å². The lowest BCUT2D eigenvalue weighted by atomic mass is 10.1. The lowest BCUT2D eigenvalue weighted by Gasteiger charge is -2.13. The number of nitrogens with two attached hydrogens (primary N) is 1. The summed E-state index contributed by atoms with van der Waals surface area (Å²) < 4.78 is 0. The third-order valence-electron chi connectivity index (χ3n) is 2.47. The number of carbonyl (C=O) groups excluding carboxylic acids is 1. The average molecular weight is 262 g/mol. The van der Waals surface area contributed by atoms with Crippen LogP contribution in [0.4, 0.5) is 5.13 Å². The predicted octanol–water partition coefficient (Wildman–Crippen LogP) is 1.54. The maximum atomic E-state index is 11.8. The van der Waals surface area contributed by atoms with Crippen molar-refractivity contribution in [1.82, 2.24) is 15.3 Å². The quantitative estimate of drug-likeness (QED) is 0.875. The first kappa shape index (κ1) is 12.5. The fourth-order valence-electron chi connectivity index (χ4n) is 1.58. The molecule has 0 saturated carbocycles. The molecule has 1 amide bonds. The van der Waals surface area contributed by atoms with Gasteiger partial charge in [-0.2, -0.15) is 0 Å². The first-order chi connectivity index (χ1) is 8.65. The van der Waals surface area contributed by atoms with Crippen molar-refractivity contribution >= 4 is 22.4 Å². The number of hydrogen-bond acceptors (Lipinski definition) is 5. The van der Waals surface area contributed by atoms with Crippen molar-refractivity contribution in [2.45, 2.75) is 19.4 Å². The molecule has 2 aromatic rings. The van der Waals surface area contributed by atoms with Crippen LogP contribution in [0, 0.1) is 0 Å². The van der Waals surface area contributed by atoms with E-state index in [0.29, 0.717) is 10.8 Å². The van der Waals surface area contributed by atoms with E-state index in [1.807, 2.05) is 19.1 Å². The SMILES string of the molecule is C[C@@H](NC(=O)Cc1csc(N)n1)c1cccnc1. The molecule has 0 spiro atoms. The molecule has 94 valence electrons. The monoisotopic (exact) mass is 262 g/mol. The molecule has 0 aromatic carbocycles. The number of hydrogen-bond donors (Lipinski definition) is 2. The van der Waals surface area contributed by atoms with Gasteiger partial charge in [0.1, 0.15) is 0 Å². The Kier molecular flexibility index (Phi) is 3.88. The number of aromatic nitrogens is 2. The second kappa shape index (κ2) is 5.59. The molecule has 0 aliphatic rings. The topological polar surface area (TPSA) is 80.9 Å². The number of rotatable bonds is 4. The third kappa shape index (κ3) is 3.27. The van der Waals surface area contributed by atoms with Gasteiger partial charge in [-0.15, -0.1) is 11.3 Å². The van der Waals surface area contributed by atoms with Crippen molar-refractivity contribution in [3.05, 3.63) is 41.2 Å². The van der Waals surface area contributed by atoms with Crippen LogP contribution in [0.5, 0.6) is 0 Å². The molecule has 2 heterocycles. The Morgan fingerprint density at radius 2 is 2.44 bits per heavy atom. The Morgan fingerprint density at radius 1 is 1.61 bits per heavy atom. The number of nitrogens with zero attached hydrogens (tertiary/aromatic N) is 2. The molecule has 0 fully saturated rings. The molecular formula is C12H14N4OS. The number of nitrogen functional groups attached to an aromatic ring is 1. The highest BCUT2D eigenvalue weighted by Crippen LogP contribution is 2.13. The van der Waals surface area contributed by atoms with Gasteiger partial charge in [-0.3, -0.25) is 9.78 Å². The van der Waals surface area contributed by atoms with Crippen LogP contribution in [0.3, 0.4) is 0 Å². The molecule has 0 radical (unpaired) electrons. The largest absolute Gasteiger partial charge is 0.375 e. The Balaban J connectivity index is 1.92. The number of anilines is 1. The van der Waals surface area contributed by atoms with Crippen molar-refractivity contribution in [1.29, 1.82) is 0 Å². The van der Waals surface area contributed by atoms with Gasteiger partial charge in [0.15, 0.2) is 5.13 Å². The zero-order valence-corrected chi connectivity index (χ0v) is 10.8. The third-order valence-corrected chi connectivity index (χ3v) is 3.20. The maximum absolute atomic E-state index is 11.8. The van der Waals surface area contributed by atoms with Gasteiger partial charge in [0, 0.05) is 17.8 Å². The summed E-state index contributed by atoms with van der Waals surface area (Å²) in [6.07, 6.45) is 3.69. The second-order valence-corrected chi connectivity index (χ2v) is 4.82. The van der Waals surface area contributed by atoms with Crippen LogP contribution < -0.4 is 11.1 Å². The van der Waals surface area contributed by atoms with E-state index < -0.39 is 0 Å². The molecule has 0 aliphatic carbocycles. The minimum atomic E-state index is -0.0725. The summed E-state index contributed by atoms with van der Waals surface area (Å²) in [6.45, 7) is 1.92. The van der Waals surface area contributed by atoms with Crippen LogP contribution in [-0.4, -0.2) is 15.9 Å². The fourth-order valence-corrected chi connectivity index (χ4v) is 2.14. The molecular weight excluding hydrogens is 248 g/mol. The fraction of sp³-hybridized carbons (Fsp3) is 0.250. The molecule has 5 nitrogen and oxygen atoms in total. The van der Waals surface area contributed by atoms with E-state index in [9.17, 15) is 4.79 Å². The van der Waals surface area contributed by atoms with Gasteiger partial charge >= 0.3 is 0 Å². The standard InChI is InChI=1S/C12H14N4OS/c1-8(9-3-2-4-14-6-9)15-11(17)5-10-7-18-12(13)16-10/h2-4,6-8H,5H2,1H3,(H2,13,16)(H,15,17)/t8-/m1/s1. The summed E-state index contributed by atoms with van der Waals surface area (Å²) in [6, 6.07) is 3.71. The average Bonchev–Trinajstić information content (AvgIpc) is 2.75. The van der Waals surface area contributed by atoms with Gasteiger partial charge < -0.3 is 11.1 Å². The smallest absolute Gasteiger partial charge is 0.226 e. The molecule has 0 bridgehead atoms. The van der Waals surface area contributed by atoms with E-state index >= 15 is 0 Å².